The number of hydrogen-bond acceptors (Lipinski definition) is 15. The van der Waals surface area contributed by atoms with E-state index in [1.54, 1.807) is 34.6 Å². The van der Waals surface area contributed by atoms with Crippen molar-refractivity contribution < 1.29 is 110 Å². The van der Waals surface area contributed by atoms with Gasteiger partial charge in [-0.25, -0.2) is 0 Å². The molecule has 2 saturated heterocycles. The molecule has 0 saturated carbocycles. The van der Waals surface area contributed by atoms with Crippen LogP contribution in [-0.4, -0.2) is 132 Å². The van der Waals surface area contributed by atoms with E-state index < -0.39 is 96.0 Å². The van der Waals surface area contributed by atoms with Crippen LogP contribution in [0, 0.1) is 23.7 Å². The smallest absolute Gasteiger partial charge is 0.548 e. The fraction of sp³-hybridized carbons (Fsp3) is 0.879. The number of aliphatic hydroxyl groups excluding tert-OH is 2. The van der Waals surface area contributed by atoms with Crippen LogP contribution in [0.5, 0.6) is 0 Å². The maximum Gasteiger partial charge on any atom is 1.00 e. The first-order valence-corrected chi connectivity index (χ1v) is 16.7. The molecule has 15 nitrogen and oxygen atoms in total. The van der Waals surface area contributed by atoms with E-state index in [1.165, 1.54) is 21.0 Å². The normalized spacial score (nSPS) is 41.4. The van der Waals surface area contributed by atoms with Crippen molar-refractivity contribution in [2.75, 3.05) is 27.8 Å². The van der Waals surface area contributed by atoms with Crippen molar-refractivity contribution in [3.63, 3.8) is 0 Å². The Balaban J connectivity index is 0.0000120. The van der Waals surface area contributed by atoms with Crippen LogP contribution < -0.4 is 62.2 Å². The van der Waals surface area contributed by atoms with Crippen LogP contribution in [0.1, 0.15) is 74.7 Å². The predicted molar refractivity (Wildman–Crippen MR) is 172 cm³/mol. The van der Waals surface area contributed by atoms with Crippen molar-refractivity contribution in [3.8, 4) is 0 Å². The molecule has 0 aromatic carbocycles. The summed E-state index contributed by atoms with van der Waals surface area (Å²) in [4.78, 5) is 45.8. The van der Waals surface area contributed by atoms with Crippen molar-refractivity contribution in [2.24, 2.45) is 34.6 Å². The number of carboxylic acid groups (broad SMARTS) is 1. The summed E-state index contributed by atoms with van der Waals surface area (Å²) in [6, 6.07) is -1.80. The van der Waals surface area contributed by atoms with Gasteiger partial charge in [0.25, 0.3) is 0 Å². The molecule has 16 heteroatoms. The fourth-order valence-corrected chi connectivity index (χ4v) is 6.88. The third kappa shape index (κ3) is 11.2. The van der Waals surface area contributed by atoms with Crippen molar-refractivity contribution in [2.45, 2.75) is 135 Å². The van der Waals surface area contributed by atoms with Gasteiger partial charge in [-0.05, 0) is 61.1 Å². The Labute approximate surface area is 333 Å². The van der Waals surface area contributed by atoms with Crippen molar-refractivity contribution >= 4 is 23.4 Å². The molecule has 2 fully saturated rings. The van der Waals surface area contributed by atoms with Crippen molar-refractivity contribution in [1.82, 2.24) is 4.90 Å². The molecule has 2 heterocycles. The second-order valence-electron chi connectivity index (χ2n) is 14.2. The number of carboxylic acids is 1. The van der Waals surface area contributed by atoms with E-state index in [-0.39, 0.29) is 82.1 Å². The molecule has 278 valence electrons. The Morgan fingerprint density at radius 2 is 1.73 bits per heavy atom. The average Bonchev–Trinajstić information content (AvgIpc) is 3.02. The number of aliphatic hydroxyl groups is 3. The van der Waals surface area contributed by atoms with Gasteiger partial charge in [0.1, 0.15) is 30.3 Å². The van der Waals surface area contributed by atoms with Crippen molar-refractivity contribution in [1.29, 1.82) is 0 Å². The molecule has 0 unspecified atom stereocenters. The van der Waals surface area contributed by atoms with Crippen LogP contribution in [-0.2, 0) is 38.2 Å². The number of ketones is 1. The summed E-state index contributed by atoms with van der Waals surface area (Å²) in [5.74, 6) is -6.81. The molecule has 2 aliphatic heterocycles. The number of cyclic esters (lactones) is 1. The Morgan fingerprint density at radius 3 is 2.24 bits per heavy atom. The number of Topliss-reactive ketones (excluding diaryl/α,β-unsaturated/α-hetero) is 1. The van der Waals surface area contributed by atoms with Gasteiger partial charge in [0.2, 0.25) is 0 Å². The molecule has 0 aromatic rings. The molecular weight excluding hydrogens is 669 g/mol. The second kappa shape index (κ2) is 19.5. The van der Waals surface area contributed by atoms with Gasteiger partial charge >= 0.3 is 57.4 Å². The molecule has 0 spiro atoms. The summed E-state index contributed by atoms with van der Waals surface area (Å²) in [5.41, 5.74) is 2.44. The van der Waals surface area contributed by atoms with E-state index in [0.717, 1.165) is 0 Å². The largest absolute Gasteiger partial charge is 1.00 e. The van der Waals surface area contributed by atoms with E-state index in [9.17, 15) is 34.8 Å². The number of rotatable bonds is 9. The second-order valence-corrected chi connectivity index (χ2v) is 14.2. The summed E-state index contributed by atoms with van der Waals surface area (Å²) in [7, 11) is 5.11. The number of esters is 1. The van der Waals surface area contributed by atoms with E-state index in [1.807, 2.05) is 25.9 Å². The number of methoxy groups -OCH3 is 1. The first-order valence-electron chi connectivity index (χ1n) is 16.7. The zero-order valence-electron chi connectivity index (χ0n) is 31.2. The van der Waals surface area contributed by atoms with Crippen LogP contribution >= 0.6 is 0 Å². The first-order chi connectivity index (χ1) is 22.1. The standard InChI is InChI=1S/C33H59N3O12.K/c1-12-23-33(8,43)27(39)18(4)24(35-45-15-21(34)29(40)41)16(2)14-32(7,44-11)28(19(5)25(37)20(6)30(42)47-23)48-31-26(38)22(36(9)10)13-17(3)46-31;/h16-23,26-28,31,38-39,43H,12-15,34H2,1-11H3,(H,40,41);/q;+1/p-1/b35-24+;/t16-,17-,18+,19+,20-,21-,22+,23-,26-,27-,28-,31+,32-,33-;/m1./s1. The third-order valence-corrected chi connectivity index (χ3v) is 10.1. The van der Waals surface area contributed by atoms with E-state index in [0.29, 0.717) is 6.42 Å². The number of likely N-dealkylation sites (N-methyl/N-ethyl adjacent to an activating group) is 1. The molecule has 2 rings (SSSR count). The number of aliphatic carboxylic acids is 1. The van der Waals surface area contributed by atoms with E-state index in [2.05, 4.69) is 5.16 Å². The zero-order chi connectivity index (χ0) is 36.9. The number of oxime groups is 1. The Kier molecular flexibility index (Phi) is 18.4. The van der Waals surface area contributed by atoms with Crippen LogP contribution in [0.4, 0.5) is 0 Å². The van der Waals surface area contributed by atoms with Crippen molar-refractivity contribution in [3.05, 3.63) is 0 Å². The molecule has 5 N–H and O–H groups in total. The number of hydrogen-bond donors (Lipinski definition) is 4. The molecule has 0 aromatic heterocycles. The van der Waals surface area contributed by atoms with Gasteiger partial charge in [0.15, 0.2) is 12.1 Å². The number of nitrogens with zero attached hydrogens (tertiary/aromatic N) is 2. The maximum atomic E-state index is 14.0. The number of carbonyl (C=O) groups excluding carboxylic acids is 3. The predicted octanol–water partition coefficient (Wildman–Crippen LogP) is -3.39. The van der Waals surface area contributed by atoms with E-state index >= 15 is 0 Å². The molecule has 2 aliphatic rings. The minimum absolute atomic E-state index is 0. The Morgan fingerprint density at radius 1 is 1.14 bits per heavy atom. The minimum Gasteiger partial charge on any atom is -0.548 e. The number of nitrogens with two attached hydrogens (primary N) is 1. The van der Waals surface area contributed by atoms with Gasteiger partial charge in [-0.3, -0.25) is 9.59 Å². The van der Waals surface area contributed by atoms with Gasteiger partial charge in [-0.2, -0.15) is 0 Å². The summed E-state index contributed by atoms with van der Waals surface area (Å²) in [6.45, 7) is 12.4. The summed E-state index contributed by atoms with van der Waals surface area (Å²) in [6.07, 6.45) is -5.69. The summed E-state index contributed by atoms with van der Waals surface area (Å²) < 4.78 is 24.3. The van der Waals surface area contributed by atoms with Gasteiger partial charge in [0.05, 0.1) is 41.6 Å². The van der Waals surface area contributed by atoms with Crippen LogP contribution in [0.15, 0.2) is 5.16 Å². The molecule has 14 atom stereocenters. The van der Waals surface area contributed by atoms with Gasteiger partial charge in [-0.1, -0.05) is 32.9 Å². The molecule has 0 aliphatic carbocycles. The molecular formula is C33H58KN3O12. The van der Waals surface area contributed by atoms with Gasteiger partial charge < -0.3 is 59.6 Å². The fourth-order valence-electron chi connectivity index (χ4n) is 6.88. The first kappa shape index (κ1) is 46.4. The minimum atomic E-state index is -2.01. The average molecular weight is 728 g/mol. The zero-order valence-corrected chi connectivity index (χ0v) is 34.4. The monoisotopic (exact) mass is 727 g/mol. The molecule has 0 radical (unpaired) electrons. The summed E-state index contributed by atoms with van der Waals surface area (Å²) >= 11 is 0. The number of carbonyl (C=O) groups is 3. The SMILES string of the molecule is CC[C@H]1OC(=O)[C@H](C)C(=O)[C@H](C)[C@@H](O[C@@H]2O[C@H](C)C[C@H](N(C)C)[C@H]2O)[C@](C)(OC)C[C@@H](C)/C(=N\OC[C@@H](N)C(=O)[O-])[C@H](C)[C@@H](O)[C@]1(C)O.[K+]. The van der Waals surface area contributed by atoms with Gasteiger partial charge in [0, 0.05) is 30.9 Å². The van der Waals surface area contributed by atoms with E-state index in [4.69, 9.17) is 29.5 Å². The van der Waals surface area contributed by atoms with Gasteiger partial charge in [-0.15, -0.1) is 0 Å². The molecule has 0 bridgehead atoms. The maximum absolute atomic E-state index is 14.0. The number of ether oxygens (including phenoxy) is 4. The van der Waals surface area contributed by atoms with Crippen LogP contribution in [0.3, 0.4) is 0 Å². The Hall–Kier alpha value is -0.604. The topological polar surface area (TPSA) is 223 Å². The quantitative estimate of drug-likeness (QED) is 0.0788. The van der Waals surface area contributed by atoms with Crippen LogP contribution in [0.2, 0.25) is 0 Å². The van der Waals surface area contributed by atoms with Crippen LogP contribution in [0.25, 0.3) is 0 Å². The Bertz CT molecular complexity index is 1140. The summed E-state index contributed by atoms with van der Waals surface area (Å²) in [5, 5.41) is 49.8. The third-order valence-electron chi connectivity index (χ3n) is 10.1. The molecule has 49 heavy (non-hydrogen) atoms. The molecule has 0 amide bonds.